The Hall–Kier alpha value is -2.11. The van der Waals surface area contributed by atoms with Gasteiger partial charge < -0.3 is 10.6 Å². The first-order valence-electron chi connectivity index (χ1n) is 6.73. The van der Waals surface area contributed by atoms with E-state index >= 15 is 0 Å². The summed E-state index contributed by atoms with van der Waals surface area (Å²) in [4.78, 5) is 24.5. The number of carbonyl (C=O) groups excluding carboxylic acids is 1. The number of amides is 1. The van der Waals surface area contributed by atoms with Crippen molar-refractivity contribution in [2.75, 3.05) is 18.8 Å². The van der Waals surface area contributed by atoms with E-state index in [4.69, 9.17) is 5.73 Å². The van der Waals surface area contributed by atoms with Crippen LogP contribution >= 0.6 is 0 Å². The molecule has 6 heteroatoms. The molecule has 2 N–H and O–H groups in total. The summed E-state index contributed by atoms with van der Waals surface area (Å²) in [5, 5.41) is 10.9. The Morgan fingerprint density at radius 1 is 1.40 bits per heavy atom. The maximum atomic E-state index is 12.4. The topological polar surface area (TPSA) is 89.5 Å². The molecular weight excluding hydrogens is 258 g/mol. The van der Waals surface area contributed by atoms with Crippen LogP contribution < -0.4 is 5.73 Å². The van der Waals surface area contributed by atoms with Crippen LogP contribution in [0.1, 0.15) is 30.6 Å². The summed E-state index contributed by atoms with van der Waals surface area (Å²) in [6, 6.07) is 4.23. The molecule has 0 aromatic heterocycles. The van der Waals surface area contributed by atoms with Crippen molar-refractivity contribution in [3.63, 3.8) is 0 Å². The molecule has 108 valence electrons. The minimum atomic E-state index is -0.562. The molecular formula is C14H19N3O3. The average molecular weight is 277 g/mol. The van der Waals surface area contributed by atoms with Crippen LogP contribution in [0.5, 0.6) is 0 Å². The Kier molecular flexibility index (Phi) is 3.92. The monoisotopic (exact) mass is 277 g/mol. The summed E-state index contributed by atoms with van der Waals surface area (Å²) < 4.78 is 0. The molecule has 1 aromatic carbocycles. The number of nitrogens with zero attached hydrogens (tertiary/aromatic N) is 2. The Balaban J connectivity index is 2.21. The molecule has 2 atom stereocenters. The van der Waals surface area contributed by atoms with E-state index in [0.717, 1.165) is 6.42 Å². The average Bonchev–Trinajstić information content (AvgIpc) is 2.41. The number of piperidine rings is 1. The summed E-state index contributed by atoms with van der Waals surface area (Å²) in [5.41, 5.74) is 5.73. The Morgan fingerprint density at radius 2 is 2.10 bits per heavy atom. The van der Waals surface area contributed by atoms with Crippen LogP contribution in [-0.2, 0) is 0 Å². The standard InChI is InChI=1S/C14H19N3O3/c1-9-5-6-16(8-10(9)2)14(18)11-3-4-12(15)13(7-11)17(19)20/h3-4,7,9-10H,5-6,8,15H2,1-2H3. The third kappa shape index (κ3) is 2.74. The number of likely N-dealkylation sites (tertiary alicyclic amines) is 1. The van der Waals surface area contributed by atoms with Crippen molar-refractivity contribution in [2.45, 2.75) is 20.3 Å². The maximum absolute atomic E-state index is 12.4. The van der Waals surface area contributed by atoms with E-state index in [2.05, 4.69) is 13.8 Å². The number of nitrogen functional groups attached to an aromatic ring is 1. The van der Waals surface area contributed by atoms with Crippen LogP contribution in [0.2, 0.25) is 0 Å². The van der Waals surface area contributed by atoms with Gasteiger partial charge in [-0.25, -0.2) is 0 Å². The molecule has 1 amide bonds. The van der Waals surface area contributed by atoms with E-state index in [-0.39, 0.29) is 17.3 Å². The molecule has 6 nitrogen and oxygen atoms in total. The number of anilines is 1. The number of carbonyl (C=O) groups is 1. The van der Waals surface area contributed by atoms with E-state index in [1.807, 2.05) is 0 Å². The molecule has 20 heavy (non-hydrogen) atoms. The predicted molar refractivity (Wildman–Crippen MR) is 76.4 cm³/mol. The quantitative estimate of drug-likeness (QED) is 0.510. The lowest BCUT2D eigenvalue weighted by Gasteiger charge is -2.35. The molecule has 1 saturated heterocycles. The van der Waals surface area contributed by atoms with E-state index in [1.54, 1.807) is 11.0 Å². The molecule has 0 bridgehead atoms. The normalized spacial score (nSPS) is 22.6. The fourth-order valence-corrected chi connectivity index (χ4v) is 2.46. The molecule has 2 unspecified atom stereocenters. The van der Waals surface area contributed by atoms with Gasteiger partial charge in [0, 0.05) is 24.7 Å². The molecule has 1 aliphatic rings. The minimum Gasteiger partial charge on any atom is -0.393 e. The van der Waals surface area contributed by atoms with Gasteiger partial charge >= 0.3 is 0 Å². The van der Waals surface area contributed by atoms with Gasteiger partial charge in [0.2, 0.25) is 0 Å². The highest BCUT2D eigenvalue weighted by molar-refractivity contribution is 5.95. The molecule has 2 rings (SSSR count). The molecule has 0 spiro atoms. The van der Waals surface area contributed by atoms with Crippen LogP contribution in [0.15, 0.2) is 18.2 Å². The Labute approximate surface area is 117 Å². The zero-order chi connectivity index (χ0) is 14.9. The first-order valence-corrected chi connectivity index (χ1v) is 6.73. The van der Waals surface area contributed by atoms with Crippen LogP contribution in [0.4, 0.5) is 11.4 Å². The van der Waals surface area contributed by atoms with Crippen LogP contribution in [0.25, 0.3) is 0 Å². The molecule has 0 radical (unpaired) electrons. The van der Waals surface area contributed by atoms with Crippen molar-refractivity contribution in [3.05, 3.63) is 33.9 Å². The van der Waals surface area contributed by atoms with E-state index in [9.17, 15) is 14.9 Å². The molecule has 1 aliphatic heterocycles. The summed E-state index contributed by atoms with van der Waals surface area (Å²) in [6.07, 6.45) is 0.962. The summed E-state index contributed by atoms with van der Waals surface area (Å²) in [7, 11) is 0. The van der Waals surface area contributed by atoms with Crippen LogP contribution in [-0.4, -0.2) is 28.8 Å². The van der Waals surface area contributed by atoms with E-state index in [0.29, 0.717) is 30.5 Å². The fraction of sp³-hybridized carbons (Fsp3) is 0.500. The van der Waals surface area contributed by atoms with Gasteiger partial charge in [-0.1, -0.05) is 13.8 Å². The van der Waals surface area contributed by atoms with Gasteiger partial charge in [-0.3, -0.25) is 14.9 Å². The molecule has 1 heterocycles. The van der Waals surface area contributed by atoms with Crippen LogP contribution in [0, 0.1) is 22.0 Å². The van der Waals surface area contributed by atoms with Gasteiger partial charge in [0.15, 0.2) is 0 Å². The first-order chi connectivity index (χ1) is 9.40. The number of nitro groups is 1. The molecule has 1 aromatic rings. The number of rotatable bonds is 2. The van der Waals surface area contributed by atoms with E-state index in [1.165, 1.54) is 12.1 Å². The zero-order valence-electron chi connectivity index (χ0n) is 11.7. The van der Waals surface area contributed by atoms with Crippen molar-refractivity contribution in [1.82, 2.24) is 4.90 Å². The van der Waals surface area contributed by atoms with Gasteiger partial charge in [0.05, 0.1) is 4.92 Å². The number of nitro benzene ring substituents is 1. The first kappa shape index (κ1) is 14.3. The lowest BCUT2D eigenvalue weighted by molar-refractivity contribution is -0.383. The lowest BCUT2D eigenvalue weighted by Crippen LogP contribution is -2.42. The highest BCUT2D eigenvalue weighted by atomic mass is 16.6. The van der Waals surface area contributed by atoms with Gasteiger partial charge in [-0.05, 0) is 30.4 Å². The lowest BCUT2D eigenvalue weighted by atomic mass is 9.88. The second-order valence-corrected chi connectivity index (χ2v) is 5.53. The number of nitrogens with two attached hydrogens (primary N) is 1. The van der Waals surface area contributed by atoms with Gasteiger partial charge in [0.25, 0.3) is 11.6 Å². The summed E-state index contributed by atoms with van der Waals surface area (Å²) in [6.45, 7) is 5.69. The number of hydrogen-bond donors (Lipinski definition) is 1. The smallest absolute Gasteiger partial charge is 0.292 e. The SMILES string of the molecule is CC1CCN(C(=O)c2ccc(N)c([N+](=O)[O-])c2)CC1C. The van der Waals surface area contributed by atoms with Crippen molar-refractivity contribution >= 4 is 17.3 Å². The maximum Gasteiger partial charge on any atom is 0.292 e. The molecule has 0 aliphatic carbocycles. The third-order valence-electron chi connectivity index (χ3n) is 4.10. The van der Waals surface area contributed by atoms with Crippen molar-refractivity contribution in [1.29, 1.82) is 0 Å². The van der Waals surface area contributed by atoms with E-state index < -0.39 is 4.92 Å². The largest absolute Gasteiger partial charge is 0.393 e. The molecule has 0 saturated carbocycles. The number of benzene rings is 1. The fourth-order valence-electron chi connectivity index (χ4n) is 2.46. The van der Waals surface area contributed by atoms with Gasteiger partial charge in [-0.15, -0.1) is 0 Å². The number of hydrogen-bond acceptors (Lipinski definition) is 4. The summed E-state index contributed by atoms with van der Waals surface area (Å²) in [5.74, 6) is 0.878. The van der Waals surface area contributed by atoms with Crippen molar-refractivity contribution in [2.24, 2.45) is 11.8 Å². The van der Waals surface area contributed by atoms with Crippen molar-refractivity contribution in [3.8, 4) is 0 Å². The Bertz CT molecular complexity index is 544. The summed E-state index contributed by atoms with van der Waals surface area (Å²) >= 11 is 0. The second kappa shape index (κ2) is 5.48. The predicted octanol–water partition coefficient (Wildman–Crippen LogP) is 2.30. The van der Waals surface area contributed by atoms with Crippen molar-refractivity contribution < 1.29 is 9.72 Å². The Morgan fingerprint density at radius 3 is 2.70 bits per heavy atom. The third-order valence-corrected chi connectivity index (χ3v) is 4.10. The minimum absolute atomic E-state index is 0.0761. The van der Waals surface area contributed by atoms with Crippen LogP contribution in [0.3, 0.4) is 0 Å². The molecule has 1 fully saturated rings. The van der Waals surface area contributed by atoms with Gasteiger partial charge in [0.1, 0.15) is 5.69 Å². The highest BCUT2D eigenvalue weighted by Gasteiger charge is 2.27. The second-order valence-electron chi connectivity index (χ2n) is 5.53. The highest BCUT2D eigenvalue weighted by Crippen LogP contribution is 2.26. The van der Waals surface area contributed by atoms with Gasteiger partial charge in [-0.2, -0.15) is 0 Å². The zero-order valence-corrected chi connectivity index (χ0v) is 11.7.